The Balaban J connectivity index is 2.65. The highest BCUT2D eigenvalue weighted by molar-refractivity contribution is 5.87. The number of hydrogen-bond donors (Lipinski definition) is 2. The molecule has 2 unspecified atom stereocenters. The molecule has 3 amide bonds. The molecule has 7 nitrogen and oxygen atoms in total. The largest absolute Gasteiger partial charge is 0.481 e. The molecule has 2 atom stereocenters. The van der Waals surface area contributed by atoms with Crippen molar-refractivity contribution in [1.29, 1.82) is 0 Å². The van der Waals surface area contributed by atoms with Crippen LogP contribution in [0.5, 0.6) is 0 Å². The van der Waals surface area contributed by atoms with Crippen LogP contribution in [0.25, 0.3) is 0 Å². The summed E-state index contributed by atoms with van der Waals surface area (Å²) in [5.41, 5.74) is 0. The summed E-state index contributed by atoms with van der Waals surface area (Å²) in [7, 11) is 3.10. The molecule has 0 aromatic carbocycles. The number of urea groups is 1. The molecule has 19 heavy (non-hydrogen) atoms. The number of carbonyl (C=O) groups excluding carboxylic acids is 2. The van der Waals surface area contributed by atoms with E-state index in [9.17, 15) is 14.4 Å². The lowest BCUT2D eigenvalue weighted by atomic mass is 10.2. The maximum absolute atomic E-state index is 12.2. The molecule has 0 aromatic heterocycles. The number of nitrogens with zero attached hydrogens (tertiary/aromatic N) is 2. The quantitative estimate of drug-likeness (QED) is 0.751. The Kier molecular flexibility index (Phi) is 5.14. The fourth-order valence-electron chi connectivity index (χ4n) is 2.22. The maximum atomic E-state index is 12.2. The first-order valence-electron chi connectivity index (χ1n) is 6.34. The number of nitrogens with one attached hydrogen (secondary N) is 1. The van der Waals surface area contributed by atoms with Gasteiger partial charge in [0.2, 0.25) is 5.91 Å². The summed E-state index contributed by atoms with van der Waals surface area (Å²) in [4.78, 5) is 37.5. The van der Waals surface area contributed by atoms with E-state index in [2.05, 4.69) is 5.32 Å². The van der Waals surface area contributed by atoms with E-state index >= 15 is 0 Å². The van der Waals surface area contributed by atoms with Gasteiger partial charge < -0.3 is 20.2 Å². The second-order valence-electron chi connectivity index (χ2n) is 4.87. The Bertz CT molecular complexity index is 372. The third kappa shape index (κ3) is 3.59. The SMILES string of the molecule is CNC(=O)C1CCCN1C(=O)N(C)CC(C)C(=O)O. The molecule has 0 aliphatic carbocycles. The first kappa shape index (κ1) is 15.3. The van der Waals surface area contributed by atoms with Gasteiger partial charge in [-0.2, -0.15) is 0 Å². The minimum atomic E-state index is -0.941. The topological polar surface area (TPSA) is 90.0 Å². The molecule has 7 heteroatoms. The molecule has 0 aromatic rings. The van der Waals surface area contributed by atoms with Gasteiger partial charge in [-0.05, 0) is 12.8 Å². The van der Waals surface area contributed by atoms with Crippen LogP contribution in [-0.2, 0) is 9.59 Å². The average Bonchev–Trinajstić information content (AvgIpc) is 2.85. The lowest BCUT2D eigenvalue weighted by molar-refractivity contribution is -0.141. The number of amides is 3. The molecule has 2 N–H and O–H groups in total. The first-order chi connectivity index (χ1) is 8.88. The smallest absolute Gasteiger partial charge is 0.320 e. The van der Waals surface area contributed by atoms with Gasteiger partial charge in [0.05, 0.1) is 5.92 Å². The Hall–Kier alpha value is -1.79. The number of rotatable bonds is 4. The zero-order valence-corrected chi connectivity index (χ0v) is 11.5. The van der Waals surface area contributed by atoms with E-state index in [1.54, 1.807) is 21.0 Å². The maximum Gasteiger partial charge on any atom is 0.320 e. The summed E-state index contributed by atoms with van der Waals surface area (Å²) in [6.45, 7) is 2.21. The first-order valence-corrected chi connectivity index (χ1v) is 6.34. The predicted octanol–water partition coefficient (Wildman–Crippen LogP) is -0.0307. The van der Waals surface area contributed by atoms with Gasteiger partial charge in [0.25, 0.3) is 0 Å². The van der Waals surface area contributed by atoms with Crippen LogP contribution in [0.3, 0.4) is 0 Å². The second kappa shape index (κ2) is 6.40. The zero-order valence-electron chi connectivity index (χ0n) is 11.5. The number of carboxylic acids is 1. The number of aliphatic carboxylic acids is 1. The van der Waals surface area contributed by atoms with Gasteiger partial charge in [0.1, 0.15) is 6.04 Å². The van der Waals surface area contributed by atoms with Crippen molar-refractivity contribution in [2.24, 2.45) is 5.92 Å². The monoisotopic (exact) mass is 271 g/mol. The average molecular weight is 271 g/mol. The summed E-state index contributed by atoms with van der Waals surface area (Å²) in [6, 6.07) is -0.737. The summed E-state index contributed by atoms with van der Waals surface area (Å²) < 4.78 is 0. The Labute approximate surface area is 112 Å². The van der Waals surface area contributed by atoms with Crippen molar-refractivity contribution in [2.45, 2.75) is 25.8 Å². The van der Waals surface area contributed by atoms with E-state index in [0.29, 0.717) is 13.0 Å². The molecule has 0 saturated carbocycles. The summed E-state index contributed by atoms with van der Waals surface area (Å²) >= 11 is 0. The molecule has 1 heterocycles. The van der Waals surface area contributed by atoms with Crippen LogP contribution in [-0.4, -0.2) is 66.0 Å². The fraction of sp³-hybridized carbons (Fsp3) is 0.750. The Morgan fingerprint density at radius 3 is 2.63 bits per heavy atom. The number of likely N-dealkylation sites (N-methyl/N-ethyl adjacent to an activating group) is 1. The van der Waals surface area contributed by atoms with Crippen molar-refractivity contribution in [3.63, 3.8) is 0 Å². The van der Waals surface area contributed by atoms with Gasteiger partial charge in [-0.15, -0.1) is 0 Å². The van der Waals surface area contributed by atoms with Crippen LogP contribution in [0.4, 0.5) is 4.79 Å². The van der Waals surface area contributed by atoms with Crippen molar-refractivity contribution < 1.29 is 19.5 Å². The van der Waals surface area contributed by atoms with E-state index in [0.717, 1.165) is 6.42 Å². The van der Waals surface area contributed by atoms with Crippen molar-refractivity contribution in [1.82, 2.24) is 15.1 Å². The number of carboxylic acid groups (broad SMARTS) is 1. The van der Waals surface area contributed by atoms with Gasteiger partial charge in [0.15, 0.2) is 0 Å². The molecular weight excluding hydrogens is 250 g/mol. The molecule has 108 valence electrons. The zero-order chi connectivity index (χ0) is 14.6. The van der Waals surface area contributed by atoms with Crippen LogP contribution in [0.2, 0.25) is 0 Å². The fourth-order valence-corrected chi connectivity index (χ4v) is 2.22. The van der Waals surface area contributed by atoms with Crippen LogP contribution in [0, 0.1) is 5.92 Å². The lowest BCUT2D eigenvalue weighted by Crippen LogP contribution is -2.50. The van der Waals surface area contributed by atoms with E-state index in [1.165, 1.54) is 9.80 Å². The van der Waals surface area contributed by atoms with Gasteiger partial charge in [-0.25, -0.2) is 4.79 Å². The van der Waals surface area contributed by atoms with E-state index in [-0.39, 0.29) is 18.5 Å². The van der Waals surface area contributed by atoms with Crippen LogP contribution < -0.4 is 5.32 Å². The molecule has 0 spiro atoms. The summed E-state index contributed by atoms with van der Waals surface area (Å²) in [5.74, 6) is -1.75. The molecule has 1 rings (SSSR count). The van der Waals surface area contributed by atoms with Crippen molar-refractivity contribution in [3.05, 3.63) is 0 Å². The minimum absolute atomic E-state index is 0.130. The van der Waals surface area contributed by atoms with E-state index in [1.807, 2.05) is 0 Å². The van der Waals surface area contributed by atoms with Crippen molar-refractivity contribution in [3.8, 4) is 0 Å². The number of carbonyl (C=O) groups is 3. The van der Waals surface area contributed by atoms with E-state index in [4.69, 9.17) is 5.11 Å². The van der Waals surface area contributed by atoms with Crippen LogP contribution in [0.1, 0.15) is 19.8 Å². The second-order valence-corrected chi connectivity index (χ2v) is 4.87. The van der Waals surface area contributed by atoms with Crippen LogP contribution >= 0.6 is 0 Å². The molecule has 0 bridgehead atoms. The molecular formula is C12H21N3O4. The van der Waals surface area contributed by atoms with Crippen molar-refractivity contribution >= 4 is 17.9 Å². The van der Waals surface area contributed by atoms with Gasteiger partial charge in [0, 0.05) is 27.2 Å². The number of hydrogen-bond acceptors (Lipinski definition) is 3. The molecule has 1 aliphatic heterocycles. The Morgan fingerprint density at radius 2 is 2.11 bits per heavy atom. The third-order valence-corrected chi connectivity index (χ3v) is 3.34. The standard InChI is InChI=1S/C12H21N3O4/c1-8(11(17)18)7-14(3)12(19)15-6-4-5-9(15)10(16)13-2/h8-9H,4-7H2,1-3H3,(H,13,16)(H,17,18). The normalized spacial score (nSPS) is 19.9. The van der Waals surface area contributed by atoms with Gasteiger partial charge in [-0.1, -0.05) is 6.92 Å². The highest BCUT2D eigenvalue weighted by atomic mass is 16.4. The minimum Gasteiger partial charge on any atom is -0.481 e. The van der Waals surface area contributed by atoms with Gasteiger partial charge in [-0.3, -0.25) is 9.59 Å². The Morgan fingerprint density at radius 1 is 1.47 bits per heavy atom. The molecule has 1 aliphatic rings. The highest BCUT2D eigenvalue weighted by Crippen LogP contribution is 2.19. The van der Waals surface area contributed by atoms with E-state index < -0.39 is 17.9 Å². The molecule has 1 saturated heterocycles. The summed E-state index contributed by atoms with van der Waals surface area (Å²) in [5, 5.41) is 11.4. The van der Waals surface area contributed by atoms with Crippen LogP contribution in [0.15, 0.2) is 0 Å². The molecule has 1 fully saturated rings. The highest BCUT2D eigenvalue weighted by Gasteiger charge is 2.35. The lowest BCUT2D eigenvalue weighted by Gasteiger charge is -2.29. The van der Waals surface area contributed by atoms with Crippen molar-refractivity contribution in [2.75, 3.05) is 27.2 Å². The number of likely N-dealkylation sites (tertiary alicyclic amines) is 1. The van der Waals surface area contributed by atoms with Gasteiger partial charge >= 0.3 is 12.0 Å². The molecule has 0 radical (unpaired) electrons. The third-order valence-electron chi connectivity index (χ3n) is 3.34. The predicted molar refractivity (Wildman–Crippen MR) is 68.6 cm³/mol. The summed E-state index contributed by atoms with van der Waals surface area (Å²) in [6.07, 6.45) is 1.43.